The number of hydrogen-bond acceptors (Lipinski definition) is 1. The molecule has 0 fully saturated rings. The number of nitrogens with zero attached hydrogens (tertiary/aromatic N) is 1. The second kappa shape index (κ2) is 10.5. The first-order chi connectivity index (χ1) is 14.9. The van der Waals surface area contributed by atoms with E-state index in [1.165, 1.54) is 27.8 Å². The first kappa shape index (κ1) is 20.1. The van der Waals surface area contributed by atoms with Gasteiger partial charge in [-0.15, -0.1) is 0 Å². The molecule has 0 bridgehead atoms. The molecular formula is C29H29N. The maximum absolute atomic E-state index is 4.70. The van der Waals surface area contributed by atoms with Crippen molar-refractivity contribution >= 4 is 0 Å². The lowest BCUT2D eigenvalue weighted by Gasteiger charge is -2.15. The highest BCUT2D eigenvalue weighted by Gasteiger charge is 2.12. The summed E-state index contributed by atoms with van der Waals surface area (Å²) in [6.07, 6.45) is 8.58. The summed E-state index contributed by atoms with van der Waals surface area (Å²) in [5, 5.41) is 0. The smallest absolute Gasteiger partial charge is 0.0707 e. The Morgan fingerprint density at radius 2 is 1.00 bits per heavy atom. The van der Waals surface area contributed by atoms with Crippen LogP contribution in [0.15, 0.2) is 103 Å². The zero-order valence-electron chi connectivity index (χ0n) is 17.5. The highest BCUT2D eigenvalue weighted by Crippen LogP contribution is 2.29. The van der Waals surface area contributed by atoms with Gasteiger partial charge in [0, 0.05) is 11.8 Å². The van der Waals surface area contributed by atoms with Crippen LogP contribution in [0.25, 0.3) is 11.3 Å². The number of pyridine rings is 1. The van der Waals surface area contributed by atoms with Crippen LogP contribution in [-0.4, -0.2) is 4.98 Å². The zero-order valence-corrected chi connectivity index (χ0v) is 17.5. The molecule has 30 heavy (non-hydrogen) atoms. The molecule has 0 aliphatic heterocycles. The Morgan fingerprint density at radius 1 is 0.467 bits per heavy atom. The fraction of sp³-hybridized carbons (Fsp3) is 0.207. The van der Waals surface area contributed by atoms with Crippen LogP contribution >= 0.6 is 0 Å². The molecular weight excluding hydrogens is 362 g/mol. The molecule has 1 aromatic heterocycles. The highest BCUT2D eigenvalue weighted by molar-refractivity contribution is 5.68. The first-order valence-electron chi connectivity index (χ1n) is 11.0. The summed E-state index contributed by atoms with van der Waals surface area (Å²) in [6.45, 7) is 0. The number of aromatic nitrogens is 1. The predicted octanol–water partition coefficient (Wildman–Crippen LogP) is 7.10. The monoisotopic (exact) mass is 391 g/mol. The van der Waals surface area contributed by atoms with Gasteiger partial charge >= 0.3 is 0 Å². The molecule has 0 saturated heterocycles. The molecule has 3 aromatic carbocycles. The minimum absolute atomic E-state index is 1.08. The van der Waals surface area contributed by atoms with Gasteiger partial charge in [0.2, 0.25) is 0 Å². The van der Waals surface area contributed by atoms with Gasteiger partial charge in [-0.1, -0.05) is 84.9 Å². The summed E-state index contributed by atoms with van der Waals surface area (Å²) in [5.74, 6) is 0. The summed E-state index contributed by atoms with van der Waals surface area (Å²) in [6, 6.07) is 34.6. The van der Waals surface area contributed by atoms with Crippen LogP contribution in [0.2, 0.25) is 0 Å². The van der Waals surface area contributed by atoms with Crippen LogP contribution in [0.1, 0.15) is 35.1 Å². The van der Waals surface area contributed by atoms with Gasteiger partial charge in [0.05, 0.1) is 5.69 Å². The lowest BCUT2D eigenvalue weighted by molar-refractivity contribution is 0.806. The quantitative estimate of drug-likeness (QED) is 0.296. The summed E-state index contributed by atoms with van der Waals surface area (Å²) in [7, 11) is 0. The van der Waals surface area contributed by atoms with Gasteiger partial charge in [-0.3, -0.25) is 4.98 Å². The highest BCUT2D eigenvalue weighted by atomic mass is 14.7. The normalized spacial score (nSPS) is 10.8. The summed E-state index contributed by atoms with van der Waals surface area (Å²) in [4.78, 5) is 4.70. The fourth-order valence-electron chi connectivity index (χ4n) is 4.16. The minimum atomic E-state index is 1.08. The van der Waals surface area contributed by atoms with Gasteiger partial charge in [0.15, 0.2) is 0 Å². The van der Waals surface area contributed by atoms with Gasteiger partial charge < -0.3 is 0 Å². The van der Waals surface area contributed by atoms with E-state index in [-0.39, 0.29) is 0 Å². The van der Waals surface area contributed by atoms with Crippen molar-refractivity contribution in [2.45, 2.75) is 38.5 Å². The van der Waals surface area contributed by atoms with Gasteiger partial charge in [0.1, 0.15) is 0 Å². The van der Waals surface area contributed by atoms with E-state index in [0.717, 1.165) is 44.2 Å². The standard InChI is InChI=1S/C29H29N/c1-3-12-24(13-4-1)16-9-18-26-20-11-21-27(29(26)28-22-7-8-23-30-28)19-10-17-25-14-5-2-6-15-25/h1-8,11-15,20-23H,9-10,16-19H2. The van der Waals surface area contributed by atoms with Crippen LogP contribution in [0.4, 0.5) is 0 Å². The molecule has 0 saturated carbocycles. The van der Waals surface area contributed by atoms with Crippen molar-refractivity contribution in [2.75, 3.05) is 0 Å². The predicted molar refractivity (Wildman–Crippen MR) is 127 cm³/mol. The third kappa shape index (κ3) is 5.45. The molecule has 4 rings (SSSR count). The van der Waals surface area contributed by atoms with Crippen LogP contribution in [0, 0.1) is 0 Å². The molecule has 0 atom stereocenters. The average molecular weight is 392 g/mol. The van der Waals surface area contributed by atoms with E-state index in [2.05, 4.69) is 91.0 Å². The molecule has 0 aliphatic rings. The summed E-state index contributed by atoms with van der Waals surface area (Å²) >= 11 is 0. The topological polar surface area (TPSA) is 12.9 Å². The third-order valence-electron chi connectivity index (χ3n) is 5.67. The summed E-state index contributed by atoms with van der Waals surface area (Å²) < 4.78 is 0. The van der Waals surface area contributed by atoms with Crippen molar-refractivity contribution in [1.29, 1.82) is 0 Å². The average Bonchev–Trinajstić information content (AvgIpc) is 2.81. The van der Waals surface area contributed by atoms with E-state index in [1.54, 1.807) is 0 Å². The second-order valence-corrected chi connectivity index (χ2v) is 7.84. The minimum Gasteiger partial charge on any atom is -0.256 e. The van der Waals surface area contributed by atoms with E-state index < -0.39 is 0 Å². The maximum Gasteiger partial charge on any atom is 0.0707 e. The Morgan fingerprint density at radius 3 is 1.50 bits per heavy atom. The second-order valence-electron chi connectivity index (χ2n) is 7.84. The number of rotatable bonds is 9. The van der Waals surface area contributed by atoms with E-state index in [9.17, 15) is 0 Å². The first-order valence-corrected chi connectivity index (χ1v) is 11.0. The van der Waals surface area contributed by atoms with Crippen molar-refractivity contribution in [1.82, 2.24) is 4.98 Å². The van der Waals surface area contributed by atoms with Crippen molar-refractivity contribution in [3.8, 4) is 11.3 Å². The molecule has 4 aromatic rings. The number of hydrogen-bond donors (Lipinski definition) is 0. The largest absolute Gasteiger partial charge is 0.256 e. The fourth-order valence-corrected chi connectivity index (χ4v) is 4.16. The number of benzene rings is 3. The van der Waals surface area contributed by atoms with Crippen molar-refractivity contribution in [3.05, 3.63) is 126 Å². The molecule has 0 unspecified atom stereocenters. The Hall–Kier alpha value is -3.19. The molecule has 150 valence electrons. The maximum atomic E-state index is 4.70. The Labute approximate surface area is 180 Å². The Balaban J connectivity index is 1.51. The van der Waals surface area contributed by atoms with Crippen LogP contribution in [0.3, 0.4) is 0 Å². The van der Waals surface area contributed by atoms with E-state index in [4.69, 9.17) is 4.98 Å². The van der Waals surface area contributed by atoms with E-state index in [0.29, 0.717) is 0 Å². The van der Waals surface area contributed by atoms with Gasteiger partial charge in [-0.05, 0) is 72.9 Å². The van der Waals surface area contributed by atoms with Crippen molar-refractivity contribution < 1.29 is 0 Å². The van der Waals surface area contributed by atoms with Crippen molar-refractivity contribution in [3.63, 3.8) is 0 Å². The third-order valence-corrected chi connectivity index (χ3v) is 5.67. The molecule has 1 heterocycles. The number of aryl methyl sites for hydroxylation is 4. The molecule has 0 amide bonds. The SMILES string of the molecule is c1ccc(CCCc2cccc(CCCc3ccccc3)c2-c2ccccn2)cc1. The van der Waals surface area contributed by atoms with Crippen LogP contribution < -0.4 is 0 Å². The molecule has 1 nitrogen and oxygen atoms in total. The Kier molecular flexibility index (Phi) is 7.07. The van der Waals surface area contributed by atoms with Crippen LogP contribution in [-0.2, 0) is 25.7 Å². The van der Waals surface area contributed by atoms with E-state index in [1.807, 2.05) is 12.3 Å². The van der Waals surface area contributed by atoms with Gasteiger partial charge in [-0.25, -0.2) is 0 Å². The van der Waals surface area contributed by atoms with Crippen LogP contribution in [0.5, 0.6) is 0 Å². The van der Waals surface area contributed by atoms with Crippen molar-refractivity contribution in [2.24, 2.45) is 0 Å². The molecule has 1 heteroatoms. The Bertz CT molecular complexity index is 960. The molecule has 0 N–H and O–H groups in total. The molecule has 0 aliphatic carbocycles. The lowest BCUT2D eigenvalue weighted by atomic mass is 9.91. The lowest BCUT2D eigenvalue weighted by Crippen LogP contribution is -2.00. The zero-order chi connectivity index (χ0) is 20.4. The van der Waals surface area contributed by atoms with Gasteiger partial charge in [-0.2, -0.15) is 0 Å². The molecule has 0 spiro atoms. The molecule has 0 radical (unpaired) electrons. The van der Waals surface area contributed by atoms with E-state index >= 15 is 0 Å². The van der Waals surface area contributed by atoms with Gasteiger partial charge in [0.25, 0.3) is 0 Å². The summed E-state index contributed by atoms with van der Waals surface area (Å²) in [5.41, 5.74) is 8.11.